The van der Waals surface area contributed by atoms with Crippen molar-refractivity contribution >= 4 is 16.7 Å². The third kappa shape index (κ3) is 3.65. The monoisotopic (exact) mass is 462 g/mol. The first-order valence-electron chi connectivity index (χ1n) is 11.7. The van der Waals surface area contributed by atoms with Crippen LogP contribution in [0.15, 0.2) is 46.2 Å². The Balaban J connectivity index is 0.00000117. The minimum absolute atomic E-state index is 0.139. The Morgan fingerprint density at radius 1 is 1.21 bits per heavy atom. The highest BCUT2D eigenvalue weighted by Gasteiger charge is 2.55. The molecule has 2 aliphatic rings. The second-order valence-corrected chi connectivity index (χ2v) is 8.57. The summed E-state index contributed by atoms with van der Waals surface area (Å²) in [6.07, 6.45) is 6.80. The zero-order chi connectivity index (χ0) is 24.0. The summed E-state index contributed by atoms with van der Waals surface area (Å²) >= 11 is 0. The van der Waals surface area contributed by atoms with Crippen molar-refractivity contribution in [2.24, 2.45) is 18.9 Å². The van der Waals surface area contributed by atoms with E-state index in [4.69, 9.17) is 4.52 Å². The van der Waals surface area contributed by atoms with Crippen molar-refractivity contribution in [3.63, 3.8) is 0 Å². The molecule has 34 heavy (non-hydrogen) atoms. The van der Waals surface area contributed by atoms with Gasteiger partial charge in [-0.05, 0) is 47.4 Å². The summed E-state index contributed by atoms with van der Waals surface area (Å²) in [6.45, 7) is 6.11. The van der Waals surface area contributed by atoms with Crippen LogP contribution in [0.25, 0.3) is 16.7 Å². The van der Waals surface area contributed by atoms with Crippen LogP contribution in [0.4, 0.5) is 4.39 Å². The summed E-state index contributed by atoms with van der Waals surface area (Å²) in [6, 6.07) is 5.52. The van der Waals surface area contributed by atoms with Crippen LogP contribution in [0.3, 0.4) is 0 Å². The van der Waals surface area contributed by atoms with Gasteiger partial charge in [-0.1, -0.05) is 44.1 Å². The predicted octanol–water partition coefficient (Wildman–Crippen LogP) is 4.11. The Morgan fingerprint density at radius 2 is 2.00 bits per heavy atom. The maximum Gasteiger partial charge on any atom is 0.280 e. The number of imidazole rings is 1. The van der Waals surface area contributed by atoms with E-state index >= 15 is 0 Å². The largest absolute Gasteiger partial charge is 0.337 e. The van der Waals surface area contributed by atoms with Crippen molar-refractivity contribution in [2.75, 3.05) is 0 Å². The van der Waals surface area contributed by atoms with E-state index in [1.807, 2.05) is 32.9 Å². The van der Waals surface area contributed by atoms with E-state index < -0.39 is 0 Å². The van der Waals surface area contributed by atoms with Gasteiger partial charge >= 0.3 is 0 Å². The number of allylic oxidation sites excluding steroid dienone is 2. The molecule has 1 saturated carbocycles. The van der Waals surface area contributed by atoms with E-state index in [2.05, 4.69) is 26.2 Å². The van der Waals surface area contributed by atoms with E-state index in [-0.39, 0.29) is 23.8 Å². The van der Waals surface area contributed by atoms with Crippen LogP contribution in [0, 0.1) is 17.7 Å². The van der Waals surface area contributed by atoms with Gasteiger partial charge in [-0.2, -0.15) is 4.98 Å². The Hall–Kier alpha value is -3.62. The van der Waals surface area contributed by atoms with Crippen molar-refractivity contribution in [1.82, 2.24) is 29.2 Å². The predicted molar refractivity (Wildman–Crippen MR) is 126 cm³/mol. The molecule has 2 aliphatic carbocycles. The molecule has 0 amide bonds. The number of aryl methyl sites for hydroxylation is 2. The van der Waals surface area contributed by atoms with Gasteiger partial charge in [0.2, 0.25) is 5.89 Å². The molecule has 9 heteroatoms. The summed E-state index contributed by atoms with van der Waals surface area (Å²) in [5, 5.41) is 4.16. The maximum atomic E-state index is 14.2. The van der Waals surface area contributed by atoms with Crippen LogP contribution >= 0.6 is 0 Å². The molecule has 4 aromatic rings. The molecule has 176 valence electrons. The lowest BCUT2D eigenvalue weighted by Gasteiger charge is -2.08. The molecule has 3 atom stereocenters. The first-order chi connectivity index (χ1) is 16.5. The van der Waals surface area contributed by atoms with Gasteiger partial charge in [0.1, 0.15) is 18.7 Å². The van der Waals surface area contributed by atoms with Gasteiger partial charge in [-0.3, -0.25) is 9.36 Å². The minimum atomic E-state index is -0.202. The van der Waals surface area contributed by atoms with Crippen LogP contribution < -0.4 is 5.56 Å². The average Bonchev–Trinajstić information content (AvgIpc) is 3.25. The first-order valence-corrected chi connectivity index (χ1v) is 11.7. The fourth-order valence-corrected chi connectivity index (χ4v) is 4.85. The molecular formula is C25H27FN6O2. The Labute approximate surface area is 196 Å². The summed E-state index contributed by atoms with van der Waals surface area (Å²) in [4.78, 5) is 25.6. The van der Waals surface area contributed by atoms with Gasteiger partial charge in [0.05, 0.1) is 6.33 Å². The minimum Gasteiger partial charge on any atom is -0.337 e. The van der Waals surface area contributed by atoms with Gasteiger partial charge in [0.15, 0.2) is 17.0 Å². The number of halogens is 1. The highest BCUT2D eigenvalue weighted by atomic mass is 19.1. The number of benzene rings is 1. The van der Waals surface area contributed by atoms with Crippen LogP contribution in [0.5, 0.6) is 0 Å². The van der Waals surface area contributed by atoms with Gasteiger partial charge in [-0.25, -0.2) is 14.4 Å². The molecular weight excluding hydrogens is 435 g/mol. The molecule has 8 nitrogen and oxygen atoms in total. The van der Waals surface area contributed by atoms with Gasteiger partial charge in [0, 0.05) is 13.0 Å². The molecule has 0 bridgehead atoms. The summed E-state index contributed by atoms with van der Waals surface area (Å²) < 4.78 is 22.7. The number of hydrogen-bond donors (Lipinski definition) is 0. The van der Waals surface area contributed by atoms with Crippen LogP contribution in [-0.4, -0.2) is 29.2 Å². The molecule has 3 aromatic heterocycles. The van der Waals surface area contributed by atoms with Gasteiger partial charge in [-0.15, -0.1) is 0 Å². The number of fused-ring (bicyclic) bond motifs is 2. The van der Waals surface area contributed by atoms with Crippen molar-refractivity contribution in [3.05, 3.63) is 75.9 Å². The lowest BCUT2D eigenvalue weighted by atomic mass is 9.99. The molecule has 0 saturated heterocycles. The van der Waals surface area contributed by atoms with Crippen molar-refractivity contribution in [3.8, 4) is 0 Å². The molecule has 6 rings (SSSR count). The molecule has 1 aromatic carbocycles. The molecule has 0 N–H and O–H groups in total. The smallest absolute Gasteiger partial charge is 0.280 e. The van der Waals surface area contributed by atoms with E-state index in [9.17, 15) is 9.18 Å². The number of aromatic nitrogens is 6. The number of hydrogen-bond acceptors (Lipinski definition) is 6. The van der Waals surface area contributed by atoms with E-state index in [1.165, 1.54) is 16.5 Å². The molecule has 0 unspecified atom stereocenters. The van der Waals surface area contributed by atoms with E-state index in [1.54, 1.807) is 24.0 Å². The summed E-state index contributed by atoms with van der Waals surface area (Å²) in [5.74, 6) is 1.88. The molecule has 0 spiro atoms. The third-order valence-electron chi connectivity index (χ3n) is 6.67. The molecule has 0 aliphatic heterocycles. The second kappa shape index (κ2) is 8.62. The molecule has 0 radical (unpaired) electrons. The van der Waals surface area contributed by atoms with Crippen molar-refractivity contribution < 1.29 is 8.91 Å². The highest BCUT2D eigenvalue weighted by molar-refractivity contribution is 5.71. The van der Waals surface area contributed by atoms with Crippen LogP contribution in [-0.2, 0) is 20.0 Å². The fourth-order valence-electron chi connectivity index (χ4n) is 4.85. The lowest BCUT2D eigenvalue weighted by Crippen LogP contribution is -2.22. The lowest BCUT2D eigenvalue weighted by molar-refractivity contribution is 0.364. The topological polar surface area (TPSA) is 91.6 Å². The fraction of sp³-hybridized carbons (Fsp3) is 0.400. The van der Waals surface area contributed by atoms with Crippen LogP contribution in [0.2, 0.25) is 0 Å². The van der Waals surface area contributed by atoms with Crippen LogP contribution in [0.1, 0.15) is 56.0 Å². The Morgan fingerprint density at radius 3 is 2.71 bits per heavy atom. The second-order valence-electron chi connectivity index (χ2n) is 8.57. The van der Waals surface area contributed by atoms with Crippen molar-refractivity contribution in [2.45, 2.75) is 46.1 Å². The SMILES string of the molecule is CC.CCc1ccc(C2=C[C@@H]3[C@H](C2)[C@H]3c2noc(Cn3cnc4ncn(C)c4c3=O)n2)cc1F. The van der Waals surface area contributed by atoms with E-state index in [0.717, 1.165) is 17.5 Å². The summed E-state index contributed by atoms with van der Waals surface area (Å²) in [5.41, 5.74) is 3.53. The Kier molecular flexibility index (Phi) is 5.63. The van der Waals surface area contributed by atoms with Gasteiger partial charge < -0.3 is 9.09 Å². The summed E-state index contributed by atoms with van der Waals surface area (Å²) in [7, 11) is 1.76. The third-order valence-corrected chi connectivity index (χ3v) is 6.67. The number of nitrogens with zero attached hydrogens (tertiary/aromatic N) is 6. The zero-order valence-electron chi connectivity index (χ0n) is 19.7. The standard InChI is InChI=1S/C23H21FN6O2.C2H6/c1-3-12-4-5-13(8-17(12)24)14-6-15-16(7-14)19(15)21-27-18(32-28-21)9-30-11-26-22-20(23(30)31)29(2)10-25-22;1-2/h4-6,8,10-11,15-16,19H,3,7,9H2,1-2H3;1-2H3/t15-,16+,19+;/m1./s1. The normalized spacial score (nSPS) is 20.6. The zero-order valence-corrected chi connectivity index (χ0v) is 19.7. The van der Waals surface area contributed by atoms with Crippen molar-refractivity contribution in [1.29, 1.82) is 0 Å². The Bertz CT molecular complexity index is 1450. The maximum absolute atomic E-state index is 14.2. The average molecular weight is 463 g/mol. The quantitative estimate of drug-likeness (QED) is 0.443. The van der Waals surface area contributed by atoms with E-state index in [0.29, 0.717) is 41.1 Å². The van der Waals surface area contributed by atoms with Gasteiger partial charge in [0.25, 0.3) is 5.56 Å². The highest BCUT2D eigenvalue weighted by Crippen LogP contribution is 2.62. The molecule has 1 fully saturated rings. The number of rotatable bonds is 5. The first kappa shape index (κ1) is 22.2. The molecule has 3 heterocycles.